The molecule has 2 aromatic carbocycles. The van der Waals surface area contributed by atoms with Gasteiger partial charge in [-0.25, -0.2) is 0 Å². The van der Waals surface area contributed by atoms with Crippen molar-refractivity contribution in [3.8, 4) is 11.1 Å². The smallest absolute Gasteiger partial charge is 0.205 e. The molecule has 0 saturated carbocycles. The summed E-state index contributed by atoms with van der Waals surface area (Å²) in [6, 6.07) is 21.1. The zero-order valence-corrected chi connectivity index (χ0v) is 12.8. The van der Waals surface area contributed by atoms with Gasteiger partial charge in [0.05, 0.1) is 5.56 Å². The molecule has 0 unspecified atom stereocenters. The van der Waals surface area contributed by atoms with Gasteiger partial charge in [0.15, 0.2) is 12.1 Å². The van der Waals surface area contributed by atoms with Gasteiger partial charge < -0.3 is 0 Å². The van der Waals surface area contributed by atoms with E-state index in [0.29, 0.717) is 0 Å². The van der Waals surface area contributed by atoms with Gasteiger partial charge in [-0.2, -0.15) is 4.58 Å². The lowest BCUT2D eigenvalue weighted by Gasteiger charge is -2.15. The van der Waals surface area contributed by atoms with Crippen molar-refractivity contribution in [3.05, 3.63) is 78.6 Å². The average Bonchev–Trinajstić information content (AvgIpc) is 2.62. The normalized spacial score (nSPS) is 13.4. The summed E-state index contributed by atoms with van der Waals surface area (Å²) < 4.78 is 2.29. The topological polar surface area (TPSA) is 15.9 Å². The van der Waals surface area contributed by atoms with Crippen LogP contribution in [0.5, 0.6) is 0 Å². The van der Waals surface area contributed by atoms with E-state index in [0.717, 1.165) is 5.88 Å². The highest BCUT2D eigenvalue weighted by Gasteiger charge is 2.21. The van der Waals surface area contributed by atoms with E-state index >= 15 is 0 Å². The molecule has 3 aromatic rings. The average molecular weight is 303 g/mol. The van der Waals surface area contributed by atoms with Crippen molar-refractivity contribution < 1.29 is 4.58 Å². The summed E-state index contributed by atoms with van der Waals surface area (Å²) in [4.78, 5) is 5.58. The van der Waals surface area contributed by atoms with Crippen LogP contribution < -0.4 is 0 Å². The Morgan fingerprint density at radius 2 is 1.82 bits per heavy atom. The number of aromatic nitrogens is 1. The predicted octanol–water partition coefficient (Wildman–Crippen LogP) is 4.57. The van der Waals surface area contributed by atoms with Crippen LogP contribution in [0.15, 0.2) is 78.0 Å². The number of benzene rings is 2. The molecule has 1 aliphatic rings. The zero-order chi connectivity index (χ0) is 14.8. The highest BCUT2D eigenvalue weighted by atomic mass is 32.2. The summed E-state index contributed by atoms with van der Waals surface area (Å²) in [5.41, 5.74) is 4.93. The Bertz CT molecular complexity index is 827. The summed E-state index contributed by atoms with van der Waals surface area (Å²) in [6.07, 6.45) is 5.98. The molecule has 0 spiro atoms. The van der Waals surface area contributed by atoms with Crippen molar-refractivity contribution in [1.29, 1.82) is 0 Å². The molecule has 4 rings (SSSR count). The summed E-state index contributed by atoms with van der Waals surface area (Å²) in [6.45, 7) is 0. The largest absolute Gasteiger partial charge is 0.264 e. The quantitative estimate of drug-likeness (QED) is 0.644. The lowest BCUT2D eigenvalue weighted by Crippen LogP contribution is -2.13. The second-order valence-electron chi connectivity index (χ2n) is 5.17. The van der Waals surface area contributed by atoms with E-state index in [1.807, 2.05) is 30.2 Å². The third-order valence-electron chi connectivity index (χ3n) is 3.75. The van der Waals surface area contributed by atoms with Crippen molar-refractivity contribution >= 4 is 23.7 Å². The van der Waals surface area contributed by atoms with Crippen LogP contribution in [0.3, 0.4) is 0 Å². The Labute approximate surface area is 134 Å². The van der Waals surface area contributed by atoms with Gasteiger partial charge in [-0.05, 0) is 17.7 Å². The zero-order valence-electron chi connectivity index (χ0n) is 12.0. The molecule has 106 valence electrons. The summed E-state index contributed by atoms with van der Waals surface area (Å²) >= 11 is 1.88. The Morgan fingerprint density at radius 3 is 2.64 bits per heavy atom. The summed E-state index contributed by atoms with van der Waals surface area (Å²) in [5, 5.41) is 0. The number of para-hydroxylation sites is 1. The van der Waals surface area contributed by atoms with Gasteiger partial charge in [-0.15, -0.1) is 0 Å². The highest BCUT2D eigenvalue weighted by Crippen LogP contribution is 2.36. The fraction of sp³-hybridized carbons (Fsp3) is 0.0526. The van der Waals surface area contributed by atoms with Crippen LogP contribution in [-0.4, -0.2) is 21.7 Å². The Balaban J connectivity index is 1.80. The van der Waals surface area contributed by atoms with Gasteiger partial charge in [0.1, 0.15) is 0 Å². The molecule has 2 heterocycles. The number of pyridine rings is 1. The number of hydrogen-bond acceptors (Lipinski definition) is 2. The number of rotatable bonds is 2. The first kappa shape index (κ1) is 13.3. The molecule has 0 aliphatic carbocycles. The van der Waals surface area contributed by atoms with E-state index in [1.54, 1.807) is 0 Å². The molecule has 0 N–H and O–H groups in total. The molecule has 0 saturated heterocycles. The van der Waals surface area contributed by atoms with Crippen molar-refractivity contribution in [3.63, 3.8) is 0 Å². The Morgan fingerprint density at radius 1 is 0.909 bits per heavy atom. The maximum absolute atomic E-state index is 4.24. The lowest BCUT2D eigenvalue weighted by atomic mass is 10.0. The number of fused-ring (bicyclic) bond motifs is 1. The van der Waals surface area contributed by atoms with Gasteiger partial charge in [0.2, 0.25) is 5.69 Å². The van der Waals surface area contributed by atoms with Gasteiger partial charge >= 0.3 is 0 Å². The summed E-state index contributed by atoms with van der Waals surface area (Å²) in [7, 11) is 0. The minimum absolute atomic E-state index is 0.925. The maximum atomic E-state index is 4.24. The van der Waals surface area contributed by atoms with E-state index in [4.69, 9.17) is 0 Å². The predicted molar refractivity (Wildman–Crippen MR) is 91.9 cm³/mol. The fourth-order valence-corrected chi connectivity index (χ4v) is 3.80. The minimum Gasteiger partial charge on any atom is -0.264 e. The van der Waals surface area contributed by atoms with E-state index in [1.165, 1.54) is 27.3 Å². The van der Waals surface area contributed by atoms with E-state index in [-0.39, 0.29) is 0 Å². The van der Waals surface area contributed by atoms with Crippen LogP contribution in [0.4, 0.5) is 5.69 Å². The van der Waals surface area contributed by atoms with Crippen LogP contribution in [0.25, 0.3) is 11.1 Å². The molecule has 0 bridgehead atoms. The van der Waals surface area contributed by atoms with E-state index in [2.05, 4.69) is 70.4 Å². The SMILES string of the molecule is C1=[N+](c2ccccc2)CSc2c1cccc2-c1cccnc1. The van der Waals surface area contributed by atoms with Crippen molar-refractivity contribution in [2.45, 2.75) is 4.90 Å². The molecule has 22 heavy (non-hydrogen) atoms. The van der Waals surface area contributed by atoms with Crippen LogP contribution in [0.1, 0.15) is 5.56 Å². The number of hydrogen-bond donors (Lipinski definition) is 0. The van der Waals surface area contributed by atoms with Crippen molar-refractivity contribution in [2.75, 3.05) is 5.88 Å². The molecule has 0 fully saturated rings. The standard InChI is InChI=1S/C19H15N2S/c1-2-8-17(9-3-1)21-13-16-6-4-10-18(19(16)22-14-21)15-7-5-11-20-12-15/h1-13H,14H2/q+1. The molecule has 2 nitrogen and oxygen atoms in total. The third-order valence-corrected chi connectivity index (χ3v) is 4.90. The van der Waals surface area contributed by atoms with Crippen LogP contribution in [0.2, 0.25) is 0 Å². The van der Waals surface area contributed by atoms with Crippen molar-refractivity contribution in [1.82, 2.24) is 4.98 Å². The molecule has 0 amide bonds. The van der Waals surface area contributed by atoms with Crippen LogP contribution >= 0.6 is 11.8 Å². The molecule has 3 heteroatoms. The molecule has 0 radical (unpaired) electrons. The number of nitrogens with zero attached hydrogens (tertiary/aromatic N) is 2. The third kappa shape index (κ3) is 2.44. The monoisotopic (exact) mass is 303 g/mol. The van der Waals surface area contributed by atoms with Gasteiger partial charge in [0, 0.05) is 35.0 Å². The summed E-state index contributed by atoms with van der Waals surface area (Å²) in [5.74, 6) is 0.925. The molecule has 1 aromatic heterocycles. The Kier molecular flexibility index (Phi) is 3.49. The van der Waals surface area contributed by atoms with Crippen molar-refractivity contribution in [2.24, 2.45) is 0 Å². The fourth-order valence-electron chi connectivity index (χ4n) is 2.67. The highest BCUT2D eigenvalue weighted by molar-refractivity contribution is 7.99. The van der Waals surface area contributed by atoms with Gasteiger partial charge in [-0.3, -0.25) is 4.98 Å². The van der Waals surface area contributed by atoms with Crippen LogP contribution in [0, 0.1) is 0 Å². The first-order chi connectivity index (χ1) is 10.9. The van der Waals surface area contributed by atoms with E-state index in [9.17, 15) is 0 Å². The van der Waals surface area contributed by atoms with Gasteiger partial charge in [0.25, 0.3) is 0 Å². The lowest BCUT2D eigenvalue weighted by molar-refractivity contribution is -0.411. The molecule has 1 aliphatic heterocycles. The first-order valence-corrected chi connectivity index (χ1v) is 8.23. The second-order valence-corrected chi connectivity index (χ2v) is 6.13. The molecular formula is C19H15N2S+. The number of thioether (sulfide) groups is 1. The molecule has 0 atom stereocenters. The molecular weight excluding hydrogens is 288 g/mol. The minimum atomic E-state index is 0.925. The van der Waals surface area contributed by atoms with Crippen LogP contribution in [-0.2, 0) is 0 Å². The maximum Gasteiger partial charge on any atom is 0.205 e. The first-order valence-electron chi connectivity index (χ1n) is 7.24. The Hall–Kier alpha value is -2.39. The second kappa shape index (κ2) is 5.78. The van der Waals surface area contributed by atoms with E-state index < -0.39 is 0 Å². The van der Waals surface area contributed by atoms with Gasteiger partial charge in [-0.1, -0.05) is 48.2 Å².